The van der Waals surface area contributed by atoms with Crippen LogP contribution in [0.25, 0.3) is 10.9 Å². The van der Waals surface area contributed by atoms with Gasteiger partial charge < -0.3 is 26.0 Å². The number of para-hydroxylation sites is 1. The predicted molar refractivity (Wildman–Crippen MR) is 129 cm³/mol. The van der Waals surface area contributed by atoms with E-state index in [1.165, 1.54) is 0 Å². The highest BCUT2D eigenvalue weighted by Gasteiger charge is 2.33. The summed E-state index contributed by atoms with van der Waals surface area (Å²) in [7, 11) is 0. The molecule has 1 aromatic heterocycles. The molecule has 1 aliphatic rings. The molecule has 1 unspecified atom stereocenters. The number of piperidine rings is 1. The van der Waals surface area contributed by atoms with E-state index in [0.717, 1.165) is 11.8 Å². The van der Waals surface area contributed by atoms with Crippen molar-refractivity contribution < 1.29 is 24.3 Å². The van der Waals surface area contributed by atoms with Gasteiger partial charge in [0.15, 0.2) is 0 Å². The van der Waals surface area contributed by atoms with Crippen LogP contribution in [0.4, 0.5) is 0 Å². The number of carbonyl (C=O) groups excluding carboxylic acids is 3. The van der Waals surface area contributed by atoms with E-state index in [9.17, 15) is 24.3 Å². The third kappa shape index (κ3) is 6.50. The monoisotopic (exact) mass is 490 g/mol. The maximum Gasteiger partial charge on any atom is 0.326 e. The van der Waals surface area contributed by atoms with Crippen LogP contribution in [0.15, 0.2) is 24.3 Å². The molecule has 1 saturated heterocycles. The zero-order chi connectivity index (χ0) is 25.0. The number of H-pyrrole nitrogens is 1. The summed E-state index contributed by atoms with van der Waals surface area (Å²) < 4.78 is 0. The number of aliphatic carboxylic acids is 1. The van der Waals surface area contributed by atoms with Gasteiger partial charge in [0.1, 0.15) is 17.8 Å². The molecule has 1 fully saturated rings. The Bertz CT molecular complexity index is 1090. The minimum Gasteiger partial charge on any atom is -0.480 e. The lowest BCUT2D eigenvalue weighted by molar-refractivity contribution is -0.143. The second-order valence-electron chi connectivity index (χ2n) is 9.94. The van der Waals surface area contributed by atoms with Crippen LogP contribution in [0.3, 0.4) is 0 Å². The van der Waals surface area contributed by atoms with Crippen LogP contribution in [0.1, 0.15) is 56.9 Å². The summed E-state index contributed by atoms with van der Waals surface area (Å²) in [6, 6.07) is 4.71. The van der Waals surface area contributed by atoms with Gasteiger partial charge in [-0.3, -0.25) is 14.4 Å². The molecule has 2 aromatic rings. The van der Waals surface area contributed by atoms with Crippen molar-refractivity contribution in [1.82, 2.24) is 20.9 Å². The molecule has 0 spiro atoms. The molecule has 3 rings (SSSR count). The molecule has 0 saturated carbocycles. The van der Waals surface area contributed by atoms with E-state index in [-0.39, 0.29) is 29.9 Å². The number of aromatic amines is 1. The number of hydrogen-bond donors (Lipinski definition) is 5. The van der Waals surface area contributed by atoms with Gasteiger partial charge in [0.2, 0.25) is 11.8 Å². The van der Waals surface area contributed by atoms with Crippen LogP contribution in [0.5, 0.6) is 0 Å². The van der Waals surface area contributed by atoms with Crippen LogP contribution in [0, 0.1) is 11.3 Å². The summed E-state index contributed by atoms with van der Waals surface area (Å²) >= 11 is 6.18. The number of nitrogens with one attached hydrogen (secondary N) is 4. The molecule has 0 radical (unpaired) electrons. The zero-order valence-corrected chi connectivity index (χ0v) is 20.3. The summed E-state index contributed by atoms with van der Waals surface area (Å²) in [6.45, 7) is 6.33. The smallest absolute Gasteiger partial charge is 0.326 e. The van der Waals surface area contributed by atoms with Crippen molar-refractivity contribution in [3.63, 3.8) is 0 Å². The van der Waals surface area contributed by atoms with Crippen molar-refractivity contribution in [2.45, 2.75) is 58.5 Å². The molecule has 10 heteroatoms. The Hall–Kier alpha value is -3.07. The third-order valence-electron chi connectivity index (χ3n) is 5.82. The molecule has 0 bridgehead atoms. The Morgan fingerprint density at radius 2 is 1.94 bits per heavy atom. The molecular weight excluding hydrogens is 460 g/mol. The normalized spacial score (nSPS) is 18.1. The van der Waals surface area contributed by atoms with E-state index in [4.69, 9.17) is 11.6 Å². The number of carboxylic acid groups (broad SMARTS) is 1. The SMILES string of the molecule is CC(C)(C)C[C@H](NC(=O)c1cc2cccc(Cl)c2[nH]1)C(=O)NC(C[C@@H]1CCCNC1=O)C(=O)O. The molecule has 3 amide bonds. The molecule has 1 aromatic carbocycles. The Morgan fingerprint density at radius 1 is 1.21 bits per heavy atom. The molecule has 184 valence electrons. The van der Waals surface area contributed by atoms with Crippen molar-refractivity contribution >= 4 is 46.2 Å². The summed E-state index contributed by atoms with van der Waals surface area (Å²) in [5.74, 6) is -3.03. The highest BCUT2D eigenvalue weighted by atomic mass is 35.5. The summed E-state index contributed by atoms with van der Waals surface area (Å²) in [5.41, 5.74) is 0.521. The maximum absolute atomic E-state index is 13.1. The van der Waals surface area contributed by atoms with Crippen LogP contribution < -0.4 is 16.0 Å². The van der Waals surface area contributed by atoms with E-state index in [0.29, 0.717) is 23.5 Å². The molecule has 3 atom stereocenters. The van der Waals surface area contributed by atoms with Crippen molar-refractivity contribution in [3.8, 4) is 0 Å². The van der Waals surface area contributed by atoms with E-state index in [1.807, 2.05) is 26.8 Å². The van der Waals surface area contributed by atoms with E-state index in [2.05, 4.69) is 20.9 Å². The van der Waals surface area contributed by atoms with E-state index < -0.39 is 35.8 Å². The summed E-state index contributed by atoms with van der Waals surface area (Å²) in [6.07, 6.45) is 1.59. The lowest BCUT2D eigenvalue weighted by Crippen LogP contribution is -2.53. The Labute approximate surface area is 203 Å². The minimum absolute atomic E-state index is 0.0103. The number of rotatable bonds is 8. The molecule has 0 aliphatic carbocycles. The van der Waals surface area contributed by atoms with Crippen molar-refractivity contribution in [2.75, 3.05) is 6.54 Å². The van der Waals surface area contributed by atoms with Crippen LogP contribution in [-0.2, 0) is 14.4 Å². The van der Waals surface area contributed by atoms with Crippen molar-refractivity contribution in [2.24, 2.45) is 11.3 Å². The van der Waals surface area contributed by atoms with E-state index >= 15 is 0 Å². The predicted octanol–water partition coefficient (Wildman–Crippen LogP) is 2.84. The lowest BCUT2D eigenvalue weighted by Gasteiger charge is -2.29. The van der Waals surface area contributed by atoms with Crippen molar-refractivity contribution in [3.05, 3.63) is 35.0 Å². The summed E-state index contributed by atoms with van der Waals surface area (Å²) in [5, 5.41) is 18.9. The Balaban J connectivity index is 1.76. The highest BCUT2D eigenvalue weighted by molar-refractivity contribution is 6.35. The van der Waals surface area contributed by atoms with Gasteiger partial charge >= 0.3 is 5.97 Å². The number of hydrogen-bond acceptors (Lipinski definition) is 4. The van der Waals surface area contributed by atoms with Crippen molar-refractivity contribution in [1.29, 1.82) is 0 Å². The van der Waals surface area contributed by atoms with Gasteiger partial charge in [-0.25, -0.2) is 4.79 Å². The van der Waals surface area contributed by atoms with Crippen LogP contribution >= 0.6 is 11.6 Å². The number of carboxylic acids is 1. The standard InChI is InChI=1S/C24H31ClN4O5/c1-24(2,3)12-18(29-21(31)16-10-13-6-4-8-15(25)19(13)27-16)22(32)28-17(23(33)34)11-14-7-5-9-26-20(14)30/h4,6,8,10,14,17-18,27H,5,7,9,11-12H2,1-3H3,(H,26,30)(H,28,32)(H,29,31)(H,33,34)/t14-,17?,18-/m0/s1. The molecule has 9 nitrogen and oxygen atoms in total. The average Bonchev–Trinajstić information content (AvgIpc) is 3.19. The molecule has 1 aliphatic heterocycles. The Morgan fingerprint density at radius 3 is 2.56 bits per heavy atom. The van der Waals surface area contributed by atoms with Gasteiger partial charge in [0, 0.05) is 17.8 Å². The van der Waals surface area contributed by atoms with Gasteiger partial charge in [0.05, 0.1) is 10.5 Å². The molecule has 34 heavy (non-hydrogen) atoms. The van der Waals surface area contributed by atoms with E-state index in [1.54, 1.807) is 18.2 Å². The molecular formula is C24H31ClN4O5. The number of halogens is 1. The topological polar surface area (TPSA) is 140 Å². The minimum atomic E-state index is -1.24. The molecule has 2 heterocycles. The lowest BCUT2D eigenvalue weighted by atomic mass is 9.87. The number of benzene rings is 1. The highest BCUT2D eigenvalue weighted by Crippen LogP contribution is 2.25. The number of fused-ring (bicyclic) bond motifs is 1. The first-order chi connectivity index (χ1) is 15.9. The quantitative estimate of drug-likeness (QED) is 0.387. The first kappa shape index (κ1) is 25.6. The van der Waals surface area contributed by atoms with Gasteiger partial charge in [-0.1, -0.05) is 44.5 Å². The average molecular weight is 491 g/mol. The van der Waals surface area contributed by atoms with Gasteiger partial charge in [-0.15, -0.1) is 0 Å². The fraction of sp³-hybridized carbons (Fsp3) is 0.500. The Kier molecular flexibility index (Phi) is 7.86. The van der Waals surface area contributed by atoms with Crippen LogP contribution in [0.2, 0.25) is 5.02 Å². The number of aromatic nitrogens is 1. The second kappa shape index (κ2) is 10.5. The van der Waals surface area contributed by atoms with Gasteiger partial charge in [-0.2, -0.15) is 0 Å². The van der Waals surface area contributed by atoms with Gasteiger partial charge in [-0.05, 0) is 43.2 Å². The fourth-order valence-corrected chi connectivity index (χ4v) is 4.37. The van der Waals surface area contributed by atoms with Gasteiger partial charge in [0.25, 0.3) is 5.91 Å². The van der Waals surface area contributed by atoms with Crippen LogP contribution in [-0.4, -0.2) is 52.4 Å². The number of carbonyl (C=O) groups is 4. The zero-order valence-electron chi connectivity index (χ0n) is 19.5. The second-order valence-corrected chi connectivity index (χ2v) is 10.4. The first-order valence-corrected chi connectivity index (χ1v) is 11.7. The largest absolute Gasteiger partial charge is 0.480 e. The molecule has 5 N–H and O–H groups in total. The number of amides is 3. The summed E-state index contributed by atoms with van der Waals surface area (Å²) in [4.78, 5) is 53.0. The maximum atomic E-state index is 13.1. The fourth-order valence-electron chi connectivity index (χ4n) is 4.14. The first-order valence-electron chi connectivity index (χ1n) is 11.3. The third-order valence-corrected chi connectivity index (χ3v) is 6.14.